The number of nitro groups is 1. The lowest BCUT2D eigenvalue weighted by Crippen LogP contribution is -2.37. The highest BCUT2D eigenvalue weighted by atomic mass is 79.9. The minimum atomic E-state index is -0.502. The molecule has 5 nitrogen and oxygen atoms in total. The van der Waals surface area contributed by atoms with E-state index in [1.807, 2.05) is 0 Å². The second kappa shape index (κ2) is 6.87. The molecule has 0 saturated heterocycles. The van der Waals surface area contributed by atoms with E-state index in [0.29, 0.717) is 16.6 Å². The summed E-state index contributed by atoms with van der Waals surface area (Å²) in [6, 6.07) is 4.28. The van der Waals surface area contributed by atoms with Gasteiger partial charge in [-0.05, 0) is 24.3 Å². The van der Waals surface area contributed by atoms with Crippen molar-refractivity contribution < 1.29 is 9.72 Å². The van der Waals surface area contributed by atoms with Gasteiger partial charge in [0.25, 0.3) is 11.6 Å². The normalized spacial score (nSPS) is 16.7. The summed E-state index contributed by atoms with van der Waals surface area (Å²) >= 11 is 6.73. The first-order chi connectivity index (χ1) is 9.96. The largest absolute Gasteiger partial charge is 0.351 e. The van der Waals surface area contributed by atoms with Crippen molar-refractivity contribution in [2.24, 2.45) is 5.41 Å². The van der Waals surface area contributed by atoms with Crippen LogP contribution in [-0.4, -0.2) is 22.7 Å². The number of benzene rings is 1. The highest BCUT2D eigenvalue weighted by Crippen LogP contribution is 2.39. The predicted octanol–water partition coefficient (Wildman–Crippen LogP) is 4.04. The molecule has 0 radical (unpaired) electrons. The van der Waals surface area contributed by atoms with E-state index >= 15 is 0 Å². The number of carbonyl (C=O) groups is 1. The third kappa shape index (κ3) is 4.03. The van der Waals surface area contributed by atoms with Crippen molar-refractivity contribution >= 4 is 43.5 Å². The van der Waals surface area contributed by atoms with Crippen LogP contribution in [0.2, 0.25) is 0 Å². The SMILES string of the molecule is O=C(NCC1(CBr)CCCC1)c1cc(Br)cc([N+](=O)[O-])c1. The number of alkyl halides is 1. The summed E-state index contributed by atoms with van der Waals surface area (Å²) in [6.07, 6.45) is 4.56. The molecule has 2 rings (SSSR count). The van der Waals surface area contributed by atoms with Crippen molar-refractivity contribution in [2.45, 2.75) is 25.7 Å². The van der Waals surface area contributed by atoms with Gasteiger partial charge in [-0.25, -0.2) is 0 Å². The number of hydrogen-bond donors (Lipinski definition) is 1. The zero-order chi connectivity index (χ0) is 15.5. The maximum atomic E-state index is 12.2. The van der Waals surface area contributed by atoms with Gasteiger partial charge >= 0.3 is 0 Å². The van der Waals surface area contributed by atoms with Crippen LogP contribution in [-0.2, 0) is 0 Å². The Balaban J connectivity index is 2.08. The van der Waals surface area contributed by atoms with Crippen molar-refractivity contribution in [3.63, 3.8) is 0 Å². The molecule has 0 heterocycles. The summed E-state index contributed by atoms with van der Waals surface area (Å²) in [6.45, 7) is 0.595. The Bertz CT molecular complexity index is 557. The van der Waals surface area contributed by atoms with Crippen LogP contribution in [0.15, 0.2) is 22.7 Å². The summed E-state index contributed by atoms with van der Waals surface area (Å²) < 4.78 is 0.526. The zero-order valence-electron chi connectivity index (χ0n) is 11.4. The van der Waals surface area contributed by atoms with Crippen LogP contribution >= 0.6 is 31.9 Å². The van der Waals surface area contributed by atoms with Crippen LogP contribution in [0.3, 0.4) is 0 Å². The molecule has 1 aromatic rings. The van der Waals surface area contributed by atoms with Crippen LogP contribution in [0.5, 0.6) is 0 Å². The summed E-state index contributed by atoms with van der Waals surface area (Å²) in [7, 11) is 0. The van der Waals surface area contributed by atoms with Crippen molar-refractivity contribution in [3.05, 3.63) is 38.3 Å². The van der Waals surface area contributed by atoms with Crippen LogP contribution in [0.1, 0.15) is 36.0 Å². The lowest BCUT2D eigenvalue weighted by molar-refractivity contribution is -0.385. The molecule has 1 aliphatic carbocycles. The van der Waals surface area contributed by atoms with Crippen molar-refractivity contribution in [1.82, 2.24) is 5.32 Å². The maximum absolute atomic E-state index is 12.2. The minimum Gasteiger partial charge on any atom is -0.351 e. The van der Waals surface area contributed by atoms with Gasteiger partial charge in [0.15, 0.2) is 0 Å². The highest BCUT2D eigenvalue weighted by molar-refractivity contribution is 9.10. The first-order valence-electron chi connectivity index (χ1n) is 6.75. The second-order valence-electron chi connectivity index (χ2n) is 5.48. The number of amides is 1. The Morgan fingerprint density at radius 1 is 1.33 bits per heavy atom. The maximum Gasteiger partial charge on any atom is 0.271 e. The standard InChI is InChI=1S/C14H16Br2N2O3/c15-8-14(3-1-2-4-14)9-17-13(19)10-5-11(16)7-12(6-10)18(20)21/h5-7H,1-4,8-9H2,(H,17,19). The van der Waals surface area contributed by atoms with Crippen molar-refractivity contribution in [2.75, 3.05) is 11.9 Å². The summed E-state index contributed by atoms with van der Waals surface area (Å²) in [4.78, 5) is 22.6. The van der Waals surface area contributed by atoms with Gasteiger partial charge in [0.05, 0.1) is 4.92 Å². The Labute approximate surface area is 139 Å². The van der Waals surface area contributed by atoms with E-state index in [2.05, 4.69) is 37.2 Å². The number of hydrogen-bond acceptors (Lipinski definition) is 3. The number of carbonyl (C=O) groups excluding carboxylic acids is 1. The Kier molecular flexibility index (Phi) is 5.37. The van der Waals surface area contributed by atoms with E-state index < -0.39 is 4.92 Å². The molecule has 1 N–H and O–H groups in total. The molecule has 7 heteroatoms. The quantitative estimate of drug-likeness (QED) is 0.444. The van der Waals surface area contributed by atoms with Crippen LogP contribution < -0.4 is 5.32 Å². The van der Waals surface area contributed by atoms with E-state index in [4.69, 9.17) is 0 Å². The van der Waals surface area contributed by atoms with Crippen LogP contribution in [0.4, 0.5) is 5.69 Å². The third-order valence-electron chi connectivity index (χ3n) is 3.93. The van der Waals surface area contributed by atoms with Crippen molar-refractivity contribution in [1.29, 1.82) is 0 Å². The fourth-order valence-electron chi connectivity index (χ4n) is 2.66. The molecule has 114 valence electrons. The van der Waals surface area contributed by atoms with Gasteiger partial charge in [-0.2, -0.15) is 0 Å². The lowest BCUT2D eigenvalue weighted by Gasteiger charge is -2.26. The molecule has 1 amide bonds. The minimum absolute atomic E-state index is 0.0920. The molecule has 1 aromatic carbocycles. The van der Waals surface area contributed by atoms with Gasteiger partial charge in [-0.1, -0.05) is 44.7 Å². The molecule has 0 aromatic heterocycles. The molecule has 21 heavy (non-hydrogen) atoms. The molecule has 0 spiro atoms. The number of nitrogens with zero attached hydrogens (tertiary/aromatic N) is 1. The fraction of sp³-hybridized carbons (Fsp3) is 0.500. The Morgan fingerprint density at radius 2 is 2.00 bits per heavy atom. The molecule has 0 unspecified atom stereocenters. The lowest BCUT2D eigenvalue weighted by atomic mass is 9.89. The predicted molar refractivity (Wildman–Crippen MR) is 87.8 cm³/mol. The molecule has 0 bridgehead atoms. The Hall–Kier alpha value is -0.950. The van der Waals surface area contributed by atoms with E-state index in [-0.39, 0.29) is 17.0 Å². The van der Waals surface area contributed by atoms with E-state index in [0.717, 1.165) is 18.2 Å². The smallest absolute Gasteiger partial charge is 0.271 e. The van der Waals surface area contributed by atoms with E-state index in [9.17, 15) is 14.9 Å². The molecule has 0 atom stereocenters. The van der Waals surface area contributed by atoms with E-state index in [1.54, 1.807) is 6.07 Å². The molecule has 1 fully saturated rings. The van der Waals surface area contributed by atoms with Gasteiger partial charge < -0.3 is 5.32 Å². The summed E-state index contributed by atoms with van der Waals surface area (Å²) in [5, 5.41) is 14.6. The number of rotatable bonds is 5. The Morgan fingerprint density at radius 3 is 2.57 bits per heavy atom. The number of nitrogens with one attached hydrogen (secondary N) is 1. The average Bonchev–Trinajstić information content (AvgIpc) is 2.93. The van der Waals surface area contributed by atoms with Crippen LogP contribution in [0, 0.1) is 15.5 Å². The molecule has 1 saturated carbocycles. The zero-order valence-corrected chi connectivity index (χ0v) is 14.6. The first kappa shape index (κ1) is 16.4. The van der Waals surface area contributed by atoms with Crippen LogP contribution in [0.25, 0.3) is 0 Å². The summed E-state index contributed by atoms with van der Waals surface area (Å²) in [5.41, 5.74) is 0.331. The molecule has 1 aliphatic rings. The summed E-state index contributed by atoms with van der Waals surface area (Å²) in [5.74, 6) is -0.272. The monoisotopic (exact) mass is 418 g/mol. The topological polar surface area (TPSA) is 72.2 Å². The molecular formula is C14H16Br2N2O3. The fourth-order valence-corrected chi connectivity index (χ4v) is 3.90. The van der Waals surface area contributed by atoms with Gasteiger partial charge in [0, 0.05) is 34.0 Å². The number of halogens is 2. The second-order valence-corrected chi connectivity index (χ2v) is 6.96. The van der Waals surface area contributed by atoms with Gasteiger partial charge in [-0.15, -0.1) is 0 Å². The highest BCUT2D eigenvalue weighted by Gasteiger charge is 2.33. The number of nitro benzene ring substituents is 1. The average molecular weight is 420 g/mol. The molecule has 0 aliphatic heterocycles. The van der Waals surface area contributed by atoms with Crippen molar-refractivity contribution in [3.8, 4) is 0 Å². The third-order valence-corrected chi connectivity index (χ3v) is 5.57. The van der Waals surface area contributed by atoms with Gasteiger partial charge in [0.1, 0.15) is 0 Å². The van der Waals surface area contributed by atoms with Gasteiger partial charge in [0.2, 0.25) is 0 Å². The van der Waals surface area contributed by atoms with E-state index in [1.165, 1.54) is 25.0 Å². The number of non-ortho nitro benzene ring substituents is 1. The van der Waals surface area contributed by atoms with Gasteiger partial charge in [-0.3, -0.25) is 14.9 Å². The first-order valence-corrected chi connectivity index (χ1v) is 8.66. The molecular weight excluding hydrogens is 404 g/mol.